The summed E-state index contributed by atoms with van der Waals surface area (Å²) in [6, 6.07) is 5.34. The number of carbonyl (C=O) groups excluding carboxylic acids is 1. The van der Waals surface area contributed by atoms with E-state index >= 15 is 0 Å². The van der Waals surface area contributed by atoms with Crippen molar-refractivity contribution in [1.29, 1.82) is 0 Å². The minimum absolute atomic E-state index is 0.561. The van der Waals surface area contributed by atoms with E-state index in [4.69, 9.17) is 10.8 Å². The van der Waals surface area contributed by atoms with Gasteiger partial charge in [0.25, 0.3) is 0 Å². The quantitative estimate of drug-likeness (QED) is 0.561. The topological polar surface area (TPSA) is 95.7 Å². The highest BCUT2D eigenvalue weighted by atomic mass is 127. The highest BCUT2D eigenvalue weighted by Crippen LogP contribution is 2.18. The number of rotatable bonds is 4. The van der Waals surface area contributed by atoms with E-state index in [0.29, 0.717) is 5.69 Å². The summed E-state index contributed by atoms with van der Waals surface area (Å²) in [5.74, 6) is -1.06. The van der Waals surface area contributed by atoms with Gasteiger partial charge in [-0.1, -0.05) is 6.07 Å². The average molecular weight is 349 g/mol. The summed E-state index contributed by atoms with van der Waals surface area (Å²) < 4.78 is 0.925. The third kappa shape index (κ3) is 3.77. The molecule has 0 aromatic heterocycles. The van der Waals surface area contributed by atoms with E-state index in [1.807, 2.05) is 6.07 Å². The minimum Gasteiger partial charge on any atom is -0.480 e. The van der Waals surface area contributed by atoms with E-state index in [1.54, 1.807) is 18.2 Å². The Labute approximate surface area is 112 Å². The van der Waals surface area contributed by atoms with Gasteiger partial charge in [-0.2, -0.15) is 0 Å². The van der Waals surface area contributed by atoms with Crippen molar-refractivity contribution in [3.8, 4) is 0 Å². The number of anilines is 1. The molecule has 1 aromatic rings. The molecular weight excluding hydrogens is 337 g/mol. The number of carboxylic acids is 1. The van der Waals surface area contributed by atoms with Crippen molar-refractivity contribution in [1.82, 2.24) is 5.43 Å². The van der Waals surface area contributed by atoms with Gasteiger partial charge >= 0.3 is 12.0 Å². The second-order valence-corrected chi connectivity index (χ2v) is 4.59. The molecule has 1 rings (SSSR count). The van der Waals surface area contributed by atoms with Crippen molar-refractivity contribution in [2.24, 2.45) is 5.73 Å². The van der Waals surface area contributed by atoms with Crippen LogP contribution in [-0.2, 0) is 4.79 Å². The van der Waals surface area contributed by atoms with Crippen molar-refractivity contribution >= 4 is 40.3 Å². The van der Waals surface area contributed by atoms with Gasteiger partial charge in [0.2, 0.25) is 0 Å². The molecule has 0 saturated heterocycles. The van der Waals surface area contributed by atoms with Gasteiger partial charge in [0.15, 0.2) is 0 Å². The lowest BCUT2D eigenvalue weighted by molar-refractivity contribution is -0.138. The Bertz CT molecular complexity index is 439. The third-order valence-corrected chi connectivity index (χ3v) is 2.73. The summed E-state index contributed by atoms with van der Waals surface area (Å²) in [5.41, 5.74) is 7.87. The van der Waals surface area contributed by atoms with Crippen molar-refractivity contribution < 1.29 is 14.7 Å². The first-order valence-corrected chi connectivity index (χ1v) is 5.83. The maximum absolute atomic E-state index is 10.9. The Kier molecular flexibility index (Phi) is 4.55. The van der Waals surface area contributed by atoms with Gasteiger partial charge in [-0.05, 0) is 47.7 Å². The third-order valence-electron chi connectivity index (χ3n) is 2.06. The SMILES string of the molecule is CC(C(=O)O)N(NC(N)=O)c1cccc(I)c1. The largest absolute Gasteiger partial charge is 0.480 e. The molecule has 1 aromatic carbocycles. The zero-order chi connectivity index (χ0) is 13.0. The molecule has 4 N–H and O–H groups in total. The van der Waals surface area contributed by atoms with E-state index in [-0.39, 0.29) is 0 Å². The average Bonchev–Trinajstić information content (AvgIpc) is 2.24. The fraction of sp³-hybridized carbons (Fsp3) is 0.200. The van der Waals surface area contributed by atoms with Crippen molar-refractivity contribution in [3.05, 3.63) is 27.8 Å². The lowest BCUT2D eigenvalue weighted by Crippen LogP contribution is -2.52. The Morgan fingerprint density at radius 3 is 2.65 bits per heavy atom. The number of halogens is 1. The van der Waals surface area contributed by atoms with Gasteiger partial charge in [-0.15, -0.1) is 0 Å². The van der Waals surface area contributed by atoms with E-state index in [2.05, 4.69) is 28.0 Å². The maximum Gasteiger partial charge on any atom is 0.331 e. The number of hydrogen-bond donors (Lipinski definition) is 3. The standard InChI is InChI=1S/C10H12IN3O3/c1-6(9(15)16)14(13-10(12)17)8-4-2-3-7(11)5-8/h2-6H,1H3,(H,15,16)(H3,12,13,17). The number of carbonyl (C=O) groups is 2. The molecule has 0 fully saturated rings. The zero-order valence-corrected chi connectivity index (χ0v) is 11.2. The molecule has 0 aliphatic heterocycles. The number of primary amides is 1. The van der Waals surface area contributed by atoms with Gasteiger partial charge in [0.1, 0.15) is 6.04 Å². The minimum atomic E-state index is -1.06. The summed E-state index contributed by atoms with van der Waals surface area (Å²) in [4.78, 5) is 21.8. The van der Waals surface area contributed by atoms with E-state index in [1.165, 1.54) is 11.9 Å². The number of aliphatic carboxylic acids is 1. The molecule has 0 aliphatic rings. The molecule has 0 saturated carbocycles. The van der Waals surface area contributed by atoms with Crippen LogP contribution in [0.3, 0.4) is 0 Å². The molecule has 2 amide bonds. The van der Waals surface area contributed by atoms with Crippen LogP contribution in [-0.4, -0.2) is 23.1 Å². The van der Waals surface area contributed by atoms with Crippen LogP contribution in [0.25, 0.3) is 0 Å². The van der Waals surface area contributed by atoms with Crippen molar-refractivity contribution in [3.63, 3.8) is 0 Å². The van der Waals surface area contributed by atoms with Gasteiger partial charge in [0.05, 0.1) is 5.69 Å². The van der Waals surface area contributed by atoms with Crippen LogP contribution in [0.1, 0.15) is 6.92 Å². The molecule has 6 nitrogen and oxygen atoms in total. The number of hydrogen-bond acceptors (Lipinski definition) is 3. The molecule has 0 aliphatic carbocycles. The summed E-state index contributed by atoms with van der Waals surface area (Å²) >= 11 is 2.10. The number of hydrazine groups is 1. The predicted octanol–water partition coefficient (Wildman–Crippen LogP) is 1.15. The molecule has 0 bridgehead atoms. The number of amides is 2. The van der Waals surface area contributed by atoms with Crippen LogP contribution < -0.4 is 16.2 Å². The van der Waals surface area contributed by atoms with Crippen LogP contribution in [0.5, 0.6) is 0 Å². The molecule has 1 unspecified atom stereocenters. The zero-order valence-electron chi connectivity index (χ0n) is 9.05. The summed E-state index contributed by atoms with van der Waals surface area (Å²) in [6.45, 7) is 1.46. The Balaban J connectivity index is 3.05. The summed E-state index contributed by atoms with van der Waals surface area (Å²) in [7, 11) is 0. The van der Waals surface area contributed by atoms with Crippen molar-refractivity contribution in [2.75, 3.05) is 5.01 Å². The Morgan fingerprint density at radius 1 is 1.53 bits per heavy atom. The van der Waals surface area contributed by atoms with Gasteiger partial charge in [0, 0.05) is 3.57 Å². The van der Waals surface area contributed by atoms with Gasteiger partial charge < -0.3 is 10.8 Å². The first-order chi connectivity index (χ1) is 7.91. The first kappa shape index (κ1) is 13.6. The van der Waals surface area contributed by atoms with Crippen LogP contribution in [0.15, 0.2) is 24.3 Å². The molecule has 0 heterocycles. The van der Waals surface area contributed by atoms with Crippen LogP contribution in [0.2, 0.25) is 0 Å². The summed E-state index contributed by atoms with van der Waals surface area (Å²) in [6.07, 6.45) is 0. The number of carboxylic acid groups (broad SMARTS) is 1. The lowest BCUT2D eigenvalue weighted by atomic mass is 10.2. The fourth-order valence-corrected chi connectivity index (χ4v) is 1.77. The molecule has 92 valence electrons. The van der Waals surface area contributed by atoms with Crippen molar-refractivity contribution in [2.45, 2.75) is 13.0 Å². The molecule has 17 heavy (non-hydrogen) atoms. The highest BCUT2D eigenvalue weighted by molar-refractivity contribution is 14.1. The number of urea groups is 1. The molecular formula is C10H12IN3O3. The molecule has 7 heteroatoms. The normalized spacial score (nSPS) is 11.6. The predicted molar refractivity (Wildman–Crippen MR) is 71.5 cm³/mol. The molecule has 0 radical (unpaired) electrons. The van der Waals surface area contributed by atoms with E-state index < -0.39 is 18.0 Å². The lowest BCUT2D eigenvalue weighted by Gasteiger charge is -2.28. The maximum atomic E-state index is 10.9. The molecule has 1 atom stereocenters. The van der Waals surface area contributed by atoms with Gasteiger partial charge in [-0.3, -0.25) is 5.01 Å². The van der Waals surface area contributed by atoms with Crippen LogP contribution in [0.4, 0.5) is 10.5 Å². The fourth-order valence-electron chi connectivity index (χ4n) is 1.24. The van der Waals surface area contributed by atoms with Crippen LogP contribution >= 0.6 is 22.6 Å². The van der Waals surface area contributed by atoms with E-state index in [0.717, 1.165) is 3.57 Å². The number of nitrogens with zero attached hydrogens (tertiary/aromatic N) is 1. The van der Waals surface area contributed by atoms with E-state index in [9.17, 15) is 9.59 Å². The number of benzene rings is 1. The highest BCUT2D eigenvalue weighted by Gasteiger charge is 2.22. The molecule has 0 spiro atoms. The number of nitrogens with one attached hydrogen (secondary N) is 1. The smallest absolute Gasteiger partial charge is 0.331 e. The monoisotopic (exact) mass is 349 g/mol. The van der Waals surface area contributed by atoms with Crippen LogP contribution in [0, 0.1) is 3.57 Å². The summed E-state index contributed by atoms with van der Waals surface area (Å²) in [5, 5.41) is 10.2. The Hall–Kier alpha value is -1.51. The second-order valence-electron chi connectivity index (χ2n) is 3.34. The Morgan fingerprint density at radius 2 is 2.18 bits per heavy atom. The van der Waals surface area contributed by atoms with Gasteiger partial charge in [-0.25, -0.2) is 15.0 Å². The second kappa shape index (κ2) is 5.71. The first-order valence-electron chi connectivity index (χ1n) is 4.75. The number of nitrogens with two attached hydrogens (primary N) is 1.